The number of carbonyl (C=O) groups excluding carboxylic acids is 8. The van der Waals surface area contributed by atoms with Crippen molar-refractivity contribution in [3.05, 3.63) is 117 Å². The first kappa shape index (κ1) is 94.9. The summed E-state index contributed by atoms with van der Waals surface area (Å²) in [6.07, 6.45) is -5.10. The van der Waals surface area contributed by atoms with Crippen molar-refractivity contribution < 1.29 is 117 Å². The molecule has 38 heteroatoms. The molecule has 8 amide bonds. The first-order chi connectivity index (χ1) is 58.3. The van der Waals surface area contributed by atoms with Crippen LogP contribution in [0.5, 0.6) is 46.0 Å². The van der Waals surface area contributed by atoms with Crippen LogP contribution in [0.2, 0.25) is 10.0 Å². The van der Waals surface area contributed by atoms with Crippen LogP contribution in [0, 0.1) is 5.92 Å². The van der Waals surface area contributed by atoms with Crippen molar-refractivity contribution in [1.29, 1.82) is 0 Å². The standard InChI is InChI=1S/C84H114Cl2N12O24/c1-7-8-9-10-11-12-13-14-22-90-23-24-92-84(5)39-64(118-43(4)76(84)107)122-75-62(41-117-61(40-99)73(75)106)121-74-59-34-47-35-60(74)120-58-20-17-46(33-52(58)86)72(105)70-83(114)96-68(79(110)91-25-27-116-29-28-115-26-21-87)50-36-48(100)37-56(102)65(50)49-31-44(15-18-55(49)101)66(80(111)98-70)95-81(112)67(47)94-78(109)54(38-63(88)103)93-82(113)69(97-77(108)53(89-6)30-42(2)3)71(104)45-16-19-57(119-59)51(85)32-45/h15-20,31-37,42-43,53-54,61-62,64,66-73,75-76,89-90,92,99-102,104-107H,7-14,21-30,38-41,87H2,1-6H3,(H2,88,103)(H,91,110)(H,93,113)(H,94,109)(H,95,112)(H,96,114)(H,97,108)(H,98,111)/t43-,53+,54-,61+,62-,64?,66+,67+,68-,69+,70-,71+,72?,73-,75+,76+,84-/m0/s1. The second-order valence-corrected chi connectivity index (χ2v) is 32.4. The Hall–Kier alpha value is -9.32. The number of amides is 8. The van der Waals surface area contributed by atoms with Crippen molar-refractivity contribution >= 4 is 70.5 Å². The molecular weight excluding hydrogens is 1630 g/mol. The highest BCUT2D eigenvalue weighted by atomic mass is 35.5. The molecule has 0 spiro atoms. The number of nitrogens with two attached hydrogens (primary N) is 2. The van der Waals surface area contributed by atoms with Crippen molar-refractivity contribution in [2.24, 2.45) is 17.4 Å². The minimum Gasteiger partial charge on any atom is -0.508 e. The number of halogens is 2. The van der Waals surface area contributed by atoms with E-state index < -0.39 is 215 Å². The van der Waals surface area contributed by atoms with E-state index in [4.69, 9.17) is 72.6 Å². The maximum Gasteiger partial charge on any atom is 0.248 e. The van der Waals surface area contributed by atoms with Crippen molar-refractivity contribution in [3.8, 4) is 57.1 Å². The number of benzene rings is 5. The minimum absolute atomic E-state index is 0.0194. The number of primary amides is 1. The van der Waals surface area contributed by atoms with E-state index in [0.717, 1.165) is 74.3 Å². The zero-order valence-corrected chi connectivity index (χ0v) is 70.4. The number of hydrogen-bond acceptors (Lipinski definition) is 28. The van der Waals surface area contributed by atoms with E-state index in [1.54, 1.807) is 6.92 Å². The lowest BCUT2D eigenvalue weighted by molar-refractivity contribution is -0.296. The first-order valence-electron chi connectivity index (χ1n) is 41.2. The third kappa shape index (κ3) is 24.2. The van der Waals surface area contributed by atoms with Gasteiger partial charge in [-0.3, -0.25) is 38.4 Å². The summed E-state index contributed by atoms with van der Waals surface area (Å²) in [6, 6.07) is 0.963. The van der Waals surface area contributed by atoms with Gasteiger partial charge in [0.05, 0.1) is 74.4 Å². The molecule has 17 atom stereocenters. The molecule has 7 heterocycles. The molecule has 0 aromatic heterocycles. The summed E-state index contributed by atoms with van der Waals surface area (Å²) in [7, 11) is 1.50. The molecule has 11 bridgehead atoms. The van der Waals surface area contributed by atoms with E-state index >= 15 is 24.0 Å². The average Bonchev–Trinajstić information content (AvgIpc) is 0.781. The van der Waals surface area contributed by atoms with Gasteiger partial charge in [-0.15, -0.1) is 0 Å². The number of unbranched alkanes of at least 4 members (excludes halogenated alkanes) is 7. The molecule has 0 radical (unpaired) electrons. The summed E-state index contributed by atoms with van der Waals surface area (Å²) in [5, 5.41) is 122. The predicted octanol–water partition coefficient (Wildman–Crippen LogP) is 3.17. The minimum atomic E-state index is -2.30. The smallest absolute Gasteiger partial charge is 0.248 e. The Bertz CT molecular complexity index is 4480. The number of phenols is 3. The fraction of sp³-hybridized carbons (Fsp3) is 0.548. The van der Waals surface area contributed by atoms with Gasteiger partial charge in [0.2, 0.25) is 53.0 Å². The summed E-state index contributed by atoms with van der Waals surface area (Å²) in [5.41, 5.74) is 8.08. The topological polar surface area (TPSA) is 545 Å². The highest BCUT2D eigenvalue weighted by molar-refractivity contribution is 6.32. The SMILES string of the molecule is CCCCCCCCCCNCCN[C@@]1(C)CC(O[C@H]2[C@@H](O)[C@@H](CO)OC[C@@H]2Oc2c3cc4cc2Oc2ccc(cc2Cl)[C@@H](O)[C@@H](NC(=O)[C@@H](CC(C)C)NC)C(=O)N[C@@H](CC(N)=O)C(=O)N[C@H]4C(=O)N[C@H]2C(=O)N[C@H](C(=O)N[C@H](C(=O)NCCOCCOCCN)c4cc(O)cc(O)c4-c4cc2ccc4O)C(O)c2ccc(c(Cl)c2)O3)O[C@@H](C)[C@H]1O. The van der Waals surface area contributed by atoms with Gasteiger partial charge in [0, 0.05) is 55.3 Å². The van der Waals surface area contributed by atoms with Crippen molar-refractivity contribution in [2.75, 3.05) is 79.4 Å². The number of aliphatic hydroxyl groups is 5. The van der Waals surface area contributed by atoms with Crippen LogP contribution in [-0.4, -0.2) is 240 Å². The van der Waals surface area contributed by atoms with E-state index in [0.29, 0.717) is 13.1 Å². The molecule has 7 aliphatic rings. The fourth-order valence-electron chi connectivity index (χ4n) is 15.4. The summed E-state index contributed by atoms with van der Waals surface area (Å²) in [6.45, 7) is 10.3. The zero-order chi connectivity index (χ0) is 88.2. The fourth-order valence-corrected chi connectivity index (χ4v) is 15.8. The van der Waals surface area contributed by atoms with E-state index in [1.165, 1.54) is 69.5 Å². The van der Waals surface area contributed by atoms with Gasteiger partial charge in [-0.2, -0.15) is 0 Å². The number of nitrogens with one attached hydrogen (secondary N) is 10. The number of phenolic OH excluding ortho intramolecular Hbond substituents is 3. The molecule has 36 nitrogen and oxygen atoms in total. The molecule has 12 rings (SSSR count). The molecule has 0 saturated carbocycles. The Labute approximate surface area is 716 Å². The Morgan fingerprint density at radius 2 is 1.31 bits per heavy atom. The van der Waals surface area contributed by atoms with Crippen LogP contribution in [0.1, 0.15) is 163 Å². The molecule has 2 fully saturated rings. The molecule has 22 N–H and O–H groups in total. The van der Waals surface area contributed by atoms with Crippen LogP contribution in [0.15, 0.2) is 78.9 Å². The maximum absolute atomic E-state index is 16.4. The summed E-state index contributed by atoms with van der Waals surface area (Å²) >= 11 is 14.5. The van der Waals surface area contributed by atoms with Gasteiger partial charge < -0.3 is 143 Å². The van der Waals surface area contributed by atoms with Gasteiger partial charge in [0.1, 0.15) is 95.5 Å². The number of fused-ring (bicyclic) bond motifs is 15. The Kier molecular flexibility index (Phi) is 34.5. The molecule has 5 aromatic rings. The molecular formula is C84H114Cl2N12O24. The quantitative estimate of drug-likeness (QED) is 0.0263. The Balaban J connectivity index is 1.14. The maximum atomic E-state index is 16.4. The van der Waals surface area contributed by atoms with Crippen LogP contribution in [-0.2, 0) is 62.0 Å². The number of hydrogen-bond donors (Lipinski definition) is 20. The molecule has 122 heavy (non-hydrogen) atoms. The van der Waals surface area contributed by atoms with E-state index in [2.05, 4.69) is 60.1 Å². The number of ether oxygens (including phenoxy) is 8. The molecule has 0 aliphatic carbocycles. The van der Waals surface area contributed by atoms with Gasteiger partial charge in [0.25, 0.3) is 0 Å². The van der Waals surface area contributed by atoms with Gasteiger partial charge in [-0.1, -0.05) is 107 Å². The second-order valence-electron chi connectivity index (χ2n) is 31.6. The van der Waals surface area contributed by atoms with Crippen LogP contribution in [0.25, 0.3) is 11.1 Å². The lowest BCUT2D eigenvalue weighted by Crippen LogP contribution is -2.65. The monoisotopic (exact) mass is 1740 g/mol. The van der Waals surface area contributed by atoms with Crippen LogP contribution in [0.3, 0.4) is 0 Å². The van der Waals surface area contributed by atoms with Gasteiger partial charge in [0.15, 0.2) is 23.9 Å². The summed E-state index contributed by atoms with van der Waals surface area (Å²) < 4.78 is 50.8. The molecule has 5 aromatic carbocycles. The third-order valence-electron chi connectivity index (χ3n) is 21.9. The Morgan fingerprint density at radius 1 is 0.680 bits per heavy atom. The first-order valence-corrected chi connectivity index (χ1v) is 41.9. The number of likely N-dealkylation sites (N-methyl/N-ethyl adjacent to an activating group) is 1. The van der Waals surface area contributed by atoms with Crippen molar-refractivity contribution in [3.63, 3.8) is 0 Å². The number of rotatable bonds is 34. The predicted molar refractivity (Wildman–Crippen MR) is 444 cm³/mol. The van der Waals surface area contributed by atoms with Crippen LogP contribution >= 0.6 is 23.2 Å². The van der Waals surface area contributed by atoms with Crippen LogP contribution < -0.4 is 78.8 Å². The largest absolute Gasteiger partial charge is 0.508 e. The molecule has 2 saturated heterocycles. The van der Waals surface area contributed by atoms with Gasteiger partial charge in [-0.05, 0) is 129 Å². The summed E-state index contributed by atoms with van der Waals surface area (Å²) in [5.74, 6) is -14.0. The van der Waals surface area contributed by atoms with Crippen molar-refractivity contribution in [2.45, 2.75) is 208 Å². The average molecular weight is 1750 g/mol. The Morgan fingerprint density at radius 3 is 1.95 bits per heavy atom. The zero-order valence-electron chi connectivity index (χ0n) is 68.9. The van der Waals surface area contributed by atoms with Crippen LogP contribution in [0.4, 0.5) is 0 Å². The summed E-state index contributed by atoms with van der Waals surface area (Å²) in [4.78, 5) is 121. The number of carbonyl (C=O) groups is 8. The highest BCUT2D eigenvalue weighted by Gasteiger charge is 2.50. The van der Waals surface area contributed by atoms with Gasteiger partial charge in [-0.25, -0.2) is 0 Å². The normalized spacial score (nSPS) is 25.8. The lowest BCUT2D eigenvalue weighted by Gasteiger charge is -2.48. The highest BCUT2D eigenvalue weighted by Crippen LogP contribution is 2.50. The molecule has 2 unspecified atom stereocenters. The lowest BCUT2D eigenvalue weighted by atomic mass is 9.85. The van der Waals surface area contributed by atoms with E-state index in [-0.39, 0.29) is 108 Å². The van der Waals surface area contributed by atoms with E-state index in [1.807, 2.05) is 20.8 Å². The van der Waals surface area contributed by atoms with Crippen molar-refractivity contribution in [1.82, 2.24) is 53.2 Å². The molecule has 7 aliphatic heterocycles. The third-order valence-corrected chi connectivity index (χ3v) is 22.5. The number of aliphatic hydroxyl groups excluding tert-OH is 5. The number of aromatic hydroxyl groups is 3. The molecule has 668 valence electrons. The second kappa shape index (κ2) is 44.3. The van der Waals surface area contributed by atoms with E-state index in [9.17, 15) is 55.2 Å². The van der Waals surface area contributed by atoms with Gasteiger partial charge >= 0.3 is 0 Å².